The second-order valence-electron chi connectivity index (χ2n) is 48.6. The van der Waals surface area contributed by atoms with Gasteiger partial charge in [-0.3, -0.25) is 24.0 Å². The van der Waals surface area contributed by atoms with Crippen molar-refractivity contribution in [3.63, 3.8) is 0 Å². The molecule has 4 bridgehead atoms. The Bertz CT molecular complexity index is 4170. The lowest BCUT2D eigenvalue weighted by Gasteiger charge is -2.54. The fourth-order valence-corrected chi connectivity index (χ4v) is 19.5. The highest BCUT2D eigenvalue weighted by atomic mass is 16.7. The summed E-state index contributed by atoms with van der Waals surface area (Å²) in [5.41, 5.74) is 7.03. The average Bonchev–Trinajstić information content (AvgIpc) is 0.759. The van der Waals surface area contributed by atoms with Crippen LogP contribution in [0.3, 0.4) is 0 Å². The van der Waals surface area contributed by atoms with E-state index >= 15 is 0 Å². The number of hydrogen-bond donors (Lipinski definition) is 0. The minimum Gasteiger partial charge on any atom is -0.435 e. The number of carbonyl (C=O) groups excluding carboxylic acids is 5. The summed E-state index contributed by atoms with van der Waals surface area (Å²) in [7, 11) is 0. The molecule has 5 atom stereocenters. The predicted octanol–water partition coefficient (Wildman–Crippen LogP) is 33.1. The molecule has 5 aromatic carbocycles. The first-order valence-corrected chi connectivity index (χ1v) is 55.0. The molecule has 0 N–H and O–H groups in total. The number of rotatable bonds is 50. The summed E-state index contributed by atoms with van der Waals surface area (Å²) in [5.74, 6) is 4.39. The maximum Gasteiger partial charge on any atom is 0.313 e. The number of carbonyl (C=O) groups is 5. The number of benzene rings is 5. The fourth-order valence-electron chi connectivity index (χ4n) is 19.5. The van der Waals surface area contributed by atoms with Crippen LogP contribution in [-0.4, -0.2) is 94.3 Å². The Labute approximate surface area is 847 Å². The molecule has 6 saturated carbocycles. The van der Waals surface area contributed by atoms with Gasteiger partial charge in [0, 0.05) is 32.1 Å². The van der Waals surface area contributed by atoms with Crippen molar-refractivity contribution in [2.75, 3.05) is 33.0 Å². The number of ether oxygens (including phenoxy) is 10. The van der Waals surface area contributed by atoms with Crippen LogP contribution >= 0.6 is 0 Å². The van der Waals surface area contributed by atoms with Gasteiger partial charge >= 0.3 is 29.8 Å². The van der Waals surface area contributed by atoms with Crippen molar-refractivity contribution in [2.45, 2.75) is 450 Å². The standard InChI is InChI=1S/C33H42O3.C24H42O3.C24H40O3.C23H36O3.C20H38O3/c1-7-33(5,6)31(34)36-30(24-32(2,3)4)35-23-15-22-29-27(25-16-10-8-11-17-25)20-14-21-28(29)26-18-12-9-13-19-26;1-7-23(3,4)14-21(27-22(25)24(5,6)8-2)26-15-20-18-10-16-9-17(12-18)13-19(20)11-16;1-7-23(5,6)22(25)27-21(19-24(8-2,9-3)10-4)26-18-14-17-20-15-12-11-13-16-20;1-5-22(2,3)21(24)26-20(18-23(4)15-10-7-11-16-23)25-17-14-19-12-8-6-9-13-19;1-7-20(5,6)18(21)23-17(15-19(2,3)4)22-14-13-16-11-9-8-10-12-16/h8-14,16-21,30H,7,15,22-24H2,1-6H3;16-21H,7-15H2,1-6H3;11-13,15-16,21H,7-10,14,17-19H2,1-6H3;6,8-9,12-13,20H,5,7,10-11,14-18H2,1-4H3;16-17H,7-15H2,1-6H3. The van der Waals surface area contributed by atoms with Gasteiger partial charge in [-0.15, -0.1) is 0 Å². The SMILES string of the molecule is CCC(C)(C)C(=O)OC(CC(C)(C)C)OCCC1CCCCC1.CCC(C)(C)C(=O)OC(CC(C)(C)C)OCCCc1c(-c2ccccc2)cccc1-c1ccccc1.CCC(C)(C)C(=O)OC(CC1(C)CCCCC1)OCCc1ccccc1.CCC(C)(C)CC(OCC1C2CC3CC(C2)CC1C3)OC(=O)C(C)(C)CC.CCC(CC)(CC)CC(OCCCc1ccccc1)OC(=O)C(C)(C)CC. The molecule has 11 rings (SSSR count). The van der Waals surface area contributed by atoms with Crippen LogP contribution in [0.4, 0.5) is 0 Å². The monoisotopic (exact) mass is 1930 g/mol. The van der Waals surface area contributed by atoms with Crippen molar-refractivity contribution in [1.82, 2.24) is 0 Å². The molecule has 0 heterocycles. The summed E-state index contributed by atoms with van der Waals surface area (Å²) >= 11 is 0. The molecule has 6 aliphatic carbocycles. The molecule has 6 aliphatic rings. The van der Waals surface area contributed by atoms with Crippen LogP contribution < -0.4 is 0 Å². The topological polar surface area (TPSA) is 178 Å². The van der Waals surface area contributed by atoms with E-state index in [1.165, 1.54) is 135 Å². The quantitative estimate of drug-likeness (QED) is 0.0155. The lowest BCUT2D eigenvalue weighted by molar-refractivity contribution is -0.204. The molecule has 6 fully saturated rings. The zero-order valence-corrected chi connectivity index (χ0v) is 93.0. The number of aryl methyl sites for hydroxylation is 1. The largest absolute Gasteiger partial charge is 0.435 e. The van der Waals surface area contributed by atoms with Gasteiger partial charge in [0.2, 0.25) is 31.5 Å². The van der Waals surface area contributed by atoms with Gasteiger partial charge in [-0.1, -0.05) is 341 Å². The lowest BCUT2D eigenvalue weighted by Crippen LogP contribution is -2.47. The van der Waals surface area contributed by atoms with Gasteiger partial charge in [0.05, 0.1) is 60.1 Å². The molecule has 0 saturated heterocycles. The highest BCUT2D eigenvalue weighted by Crippen LogP contribution is 2.57. The summed E-state index contributed by atoms with van der Waals surface area (Å²) in [6, 6.07) is 48.4. The molecule has 0 aliphatic heterocycles. The third-order valence-corrected chi connectivity index (χ3v) is 32.1. The molecule has 0 spiro atoms. The van der Waals surface area contributed by atoms with Crippen LogP contribution in [0, 0.1) is 89.7 Å². The molecule has 5 aromatic rings. The van der Waals surface area contributed by atoms with Gasteiger partial charge in [-0.05, 0) is 286 Å². The second-order valence-corrected chi connectivity index (χ2v) is 48.6. The van der Waals surface area contributed by atoms with Gasteiger partial charge in [-0.25, -0.2) is 0 Å². The second kappa shape index (κ2) is 58.4. The highest BCUT2D eigenvalue weighted by molar-refractivity contribution is 5.80. The molecule has 15 nitrogen and oxygen atoms in total. The maximum absolute atomic E-state index is 12.7. The summed E-state index contributed by atoms with van der Waals surface area (Å²) in [4.78, 5) is 63.0. The predicted molar refractivity (Wildman–Crippen MR) is 572 cm³/mol. The Hall–Kier alpha value is -6.75. The Morgan fingerprint density at radius 1 is 0.338 bits per heavy atom. The van der Waals surface area contributed by atoms with Gasteiger partial charge < -0.3 is 47.4 Å². The van der Waals surface area contributed by atoms with Gasteiger partial charge in [0.15, 0.2) is 0 Å². The third-order valence-electron chi connectivity index (χ3n) is 32.1. The Kier molecular flexibility index (Phi) is 50.8. The summed E-state index contributed by atoms with van der Waals surface area (Å²) < 4.78 is 59.9. The van der Waals surface area contributed by atoms with Crippen LogP contribution in [-0.2, 0) is 90.6 Å². The molecule has 5 unspecified atom stereocenters. The lowest BCUT2D eigenvalue weighted by atomic mass is 9.52. The van der Waals surface area contributed by atoms with E-state index in [4.69, 9.17) is 47.4 Å². The molecule has 15 heteroatoms. The van der Waals surface area contributed by atoms with Crippen LogP contribution in [0.15, 0.2) is 140 Å². The first-order valence-electron chi connectivity index (χ1n) is 55.0. The van der Waals surface area contributed by atoms with Crippen molar-refractivity contribution in [3.8, 4) is 22.3 Å². The first-order chi connectivity index (χ1) is 65.5. The Balaban J connectivity index is 0.000000269. The normalized spacial score (nSPS) is 19.0. The van der Waals surface area contributed by atoms with Gasteiger partial charge in [0.25, 0.3) is 0 Å². The molecular formula is C124H198O15. The van der Waals surface area contributed by atoms with Crippen LogP contribution in [0.1, 0.15) is 416 Å². The third kappa shape index (κ3) is 42.8. The molecule has 784 valence electrons. The van der Waals surface area contributed by atoms with Gasteiger partial charge in [-0.2, -0.15) is 0 Å². The van der Waals surface area contributed by atoms with E-state index in [1.54, 1.807) is 0 Å². The first kappa shape index (κ1) is 121. The summed E-state index contributed by atoms with van der Waals surface area (Å²) in [6.45, 7) is 61.3. The Morgan fingerprint density at radius 3 is 1.06 bits per heavy atom. The van der Waals surface area contributed by atoms with E-state index in [2.05, 4.69) is 205 Å². The molecule has 0 aromatic heterocycles. The van der Waals surface area contributed by atoms with E-state index in [9.17, 15) is 24.0 Å². The Morgan fingerprint density at radius 2 is 0.683 bits per heavy atom. The molecule has 0 radical (unpaired) electrons. The molecule has 0 amide bonds. The number of esters is 5. The van der Waals surface area contributed by atoms with E-state index in [0.29, 0.717) is 38.8 Å². The highest BCUT2D eigenvalue weighted by Gasteiger charge is 2.49. The van der Waals surface area contributed by atoms with E-state index in [0.717, 1.165) is 158 Å². The van der Waals surface area contributed by atoms with Crippen LogP contribution in [0.25, 0.3) is 22.3 Å². The summed E-state index contributed by atoms with van der Waals surface area (Å²) in [5, 5.41) is 0. The van der Waals surface area contributed by atoms with Crippen LogP contribution in [0.5, 0.6) is 0 Å². The molecular weight excluding hydrogens is 1730 g/mol. The van der Waals surface area contributed by atoms with Crippen molar-refractivity contribution in [1.29, 1.82) is 0 Å². The minimum atomic E-state index is -0.540. The van der Waals surface area contributed by atoms with Crippen molar-refractivity contribution < 1.29 is 71.3 Å². The van der Waals surface area contributed by atoms with Crippen LogP contribution in [0.2, 0.25) is 0 Å². The van der Waals surface area contributed by atoms with E-state index in [1.807, 2.05) is 128 Å². The average molecular weight is 1930 g/mol. The van der Waals surface area contributed by atoms with Crippen molar-refractivity contribution in [2.24, 2.45) is 89.7 Å². The smallest absolute Gasteiger partial charge is 0.313 e. The van der Waals surface area contributed by atoms with Crippen molar-refractivity contribution >= 4 is 29.8 Å². The zero-order valence-electron chi connectivity index (χ0n) is 93.0. The maximum atomic E-state index is 12.7. The zero-order chi connectivity index (χ0) is 103. The molecule has 139 heavy (non-hydrogen) atoms. The van der Waals surface area contributed by atoms with Crippen molar-refractivity contribution in [3.05, 3.63) is 156 Å². The van der Waals surface area contributed by atoms with E-state index in [-0.39, 0.29) is 56.9 Å². The minimum absolute atomic E-state index is 0.0122. The van der Waals surface area contributed by atoms with Gasteiger partial charge in [0.1, 0.15) is 0 Å². The van der Waals surface area contributed by atoms with E-state index < -0.39 is 58.5 Å². The number of hydrogen-bond acceptors (Lipinski definition) is 15. The summed E-state index contributed by atoms with van der Waals surface area (Å²) in [6.07, 6.45) is 35.2. The fraction of sp³-hybridized carbons (Fsp3) is 0.718.